The van der Waals surface area contributed by atoms with Crippen LogP contribution in [-0.2, 0) is 14.9 Å². The summed E-state index contributed by atoms with van der Waals surface area (Å²) in [4.78, 5) is 26.2. The molecule has 0 spiro atoms. The highest BCUT2D eigenvalue weighted by atomic mass is 19.1. The summed E-state index contributed by atoms with van der Waals surface area (Å²) in [5.74, 6) is -0.379. The van der Waals surface area contributed by atoms with Crippen LogP contribution in [0, 0.1) is 5.82 Å². The molecule has 2 fully saturated rings. The molecule has 1 saturated carbocycles. The Kier molecular flexibility index (Phi) is 5.79. The van der Waals surface area contributed by atoms with E-state index in [9.17, 15) is 14.0 Å². The van der Waals surface area contributed by atoms with E-state index >= 15 is 0 Å². The van der Waals surface area contributed by atoms with Crippen molar-refractivity contribution >= 4 is 12.0 Å². The maximum atomic E-state index is 14.4. The second-order valence-corrected chi connectivity index (χ2v) is 7.36. The van der Waals surface area contributed by atoms with Crippen molar-refractivity contribution in [2.24, 2.45) is 0 Å². The maximum absolute atomic E-state index is 14.4. The van der Waals surface area contributed by atoms with E-state index in [4.69, 9.17) is 4.74 Å². The highest BCUT2D eigenvalue weighted by Gasteiger charge is 2.39. The molecule has 1 atom stereocenters. The predicted octanol–water partition coefficient (Wildman–Crippen LogP) is 3.37. The number of hydrogen-bond donors (Lipinski definition) is 1. The van der Waals surface area contributed by atoms with E-state index in [1.54, 1.807) is 6.07 Å². The topological polar surface area (TPSA) is 58.6 Å². The highest BCUT2D eigenvalue weighted by Crippen LogP contribution is 2.41. The molecule has 1 aromatic carbocycles. The van der Waals surface area contributed by atoms with Crippen molar-refractivity contribution in [1.82, 2.24) is 10.2 Å². The molecule has 2 amide bonds. The van der Waals surface area contributed by atoms with Gasteiger partial charge in [-0.1, -0.05) is 31.0 Å². The Morgan fingerprint density at radius 3 is 2.65 bits per heavy atom. The van der Waals surface area contributed by atoms with E-state index in [1.807, 2.05) is 12.1 Å². The molecule has 1 aliphatic carbocycles. The number of carbonyl (C=O) groups excluding carboxylic acids is 2. The minimum atomic E-state index is -0.504. The van der Waals surface area contributed by atoms with Crippen LogP contribution < -0.4 is 5.32 Å². The van der Waals surface area contributed by atoms with Crippen molar-refractivity contribution in [3.8, 4) is 0 Å². The molecule has 1 aliphatic heterocycles. The van der Waals surface area contributed by atoms with Gasteiger partial charge in [-0.25, -0.2) is 9.18 Å². The first-order chi connectivity index (χ1) is 12.6. The maximum Gasteiger partial charge on any atom is 0.410 e. The van der Waals surface area contributed by atoms with Gasteiger partial charge in [0.25, 0.3) is 0 Å². The number of nitrogens with zero attached hydrogens (tertiary/aromatic N) is 1. The molecule has 5 nitrogen and oxygen atoms in total. The Morgan fingerprint density at radius 2 is 1.96 bits per heavy atom. The van der Waals surface area contributed by atoms with Crippen LogP contribution in [0.1, 0.15) is 50.5 Å². The Hall–Kier alpha value is -2.11. The number of methoxy groups -OCH3 is 1. The van der Waals surface area contributed by atoms with E-state index in [0.717, 1.165) is 38.5 Å². The molecule has 2 aliphatic rings. The fourth-order valence-corrected chi connectivity index (χ4v) is 4.40. The first-order valence-electron chi connectivity index (χ1n) is 9.45. The van der Waals surface area contributed by atoms with Crippen LogP contribution in [-0.4, -0.2) is 43.1 Å². The molecular formula is C20H27FN2O3. The zero-order valence-electron chi connectivity index (χ0n) is 15.3. The van der Waals surface area contributed by atoms with Gasteiger partial charge in [0.2, 0.25) is 5.91 Å². The quantitative estimate of drug-likeness (QED) is 0.893. The molecule has 0 unspecified atom stereocenters. The number of ether oxygens (including phenoxy) is 1. The largest absolute Gasteiger partial charge is 0.453 e. The molecule has 1 saturated heterocycles. The lowest BCUT2D eigenvalue weighted by Gasteiger charge is -2.35. The normalized spacial score (nSPS) is 22.1. The lowest BCUT2D eigenvalue weighted by Crippen LogP contribution is -2.53. The van der Waals surface area contributed by atoms with Crippen LogP contribution in [0.3, 0.4) is 0 Å². The summed E-state index contributed by atoms with van der Waals surface area (Å²) in [6.07, 6.45) is 5.73. The average Bonchev–Trinajstić information content (AvgIpc) is 3.15. The summed E-state index contributed by atoms with van der Waals surface area (Å²) in [6.45, 7) is 0.932. The second kappa shape index (κ2) is 8.06. The zero-order valence-corrected chi connectivity index (χ0v) is 15.3. The highest BCUT2D eigenvalue weighted by molar-refractivity contribution is 5.85. The van der Waals surface area contributed by atoms with Crippen LogP contribution in [0.2, 0.25) is 0 Å². The van der Waals surface area contributed by atoms with E-state index in [-0.39, 0.29) is 17.1 Å². The average molecular weight is 362 g/mol. The van der Waals surface area contributed by atoms with Gasteiger partial charge in [-0.05, 0) is 43.7 Å². The van der Waals surface area contributed by atoms with Crippen molar-refractivity contribution in [3.63, 3.8) is 0 Å². The number of halogens is 1. The van der Waals surface area contributed by atoms with E-state index in [0.29, 0.717) is 25.1 Å². The van der Waals surface area contributed by atoms with Crippen molar-refractivity contribution in [2.45, 2.75) is 56.4 Å². The molecule has 26 heavy (non-hydrogen) atoms. The molecule has 0 bridgehead atoms. The van der Waals surface area contributed by atoms with Crippen LogP contribution in [0.15, 0.2) is 24.3 Å². The number of piperidine rings is 1. The number of hydrogen-bond acceptors (Lipinski definition) is 3. The SMILES string of the molecule is COC(=O)N1CCCC[C@H]1C(=O)NCC1(c2ccccc2F)CCCC1. The lowest BCUT2D eigenvalue weighted by atomic mass is 9.78. The summed E-state index contributed by atoms with van der Waals surface area (Å²) in [6, 6.07) is 6.35. The van der Waals surface area contributed by atoms with Gasteiger partial charge in [0.15, 0.2) is 0 Å². The van der Waals surface area contributed by atoms with Crippen LogP contribution >= 0.6 is 0 Å². The Bertz CT molecular complexity index is 658. The molecule has 0 aromatic heterocycles. The molecule has 1 aromatic rings. The molecule has 3 rings (SSSR count). The Balaban J connectivity index is 1.72. The second-order valence-electron chi connectivity index (χ2n) is 7.36. The molecular weight excluding hydrogens is 335 g/mol. The number of amides is 2. The van der Waals surface area contributed by atoms with Gasteiger partial charge in [0.1, 0.15) is 11.9 Å². The van der Waals surface area contributed by atoms with Gasteiger partial charge in [-0.3, -0.25) is 9.69 Å². The third-order valence-corrected chi connectivity index (χ3v) is 5.82. The van der Waals surface area contributed by atoms with Gasteiger partial charge in [-0.2, -0.15) is 0 Å². The third-order valence-electron chi connectivity index (χ3n) is 5.82. The molecule has 6 heteroatoms. The molecule has 0 radical (unpaired) electrons. The van der Waals surface area contributed by atoms with Crippen molar-refractivity contribution in [3.05, 3.63) is 35.6 Å². The fourth-order valence-electron chi connectivity index (χ4n) is 4.40. The minimum Gasteiger partial charge on any atom is -0.453 e. The van der Waals surface area contributed by atoms with Crippen molar-refractivity contribution in [2.75, 3.05) is 20.2 Å². The Labute approximate surface area is 153 Å². The summed E-state index contributed by atoms with van der Waals surface area (Å²) >= 11 is 0. The lowest BCUT2D eigenvalue weighted by molar-refractivity contribution is -0.127. The Morgan fingerprint density at radius 1 is 1.23 bits per heavy atom. The predicted molar refractivity (Wildman–Crippen MR) is 96.3 cm³/mol. The monoisotopic (exact) mass is 362 g/mol. The standard InChI is InChI=1S/C20H27FN2O3/c1-26-19(25)23-13-7-4-10-17(23)18(24)22-14-20(11-5-6-12-20)15-8-2-3-9-16(15)21/h2-3,8-9,17H,4-7,10-14H2,1H3,(H,22,24)/t17-/m0/s1. The number of nitrogens with one attached hydrogen (secondary N) is 1. The van der Waals surface area contributed by atoms with E-state index < -0.39 is 12.1 Å². The van der Waals surface area contributed by atoms with Gasteiger partial charge in [0, 0.05) is 18.5 Å². The summed E-state index contributed by atoms with van der Waals surface area (Å²) in [5.41, 5.74) is 0.331. The van der Waals surface area contributed by atoms with Crippen LogP contribution in [0.4, 0.5) is 9.18 Å². The van der Waals surface area contributed by atoms with Crippen LogP contribution in [0.5, 0.6) is 0 Å². The van der Waals surface area contributed by atoms with Gasteiger partial charge in [0.05, 0.1) is 7.11 Å². The van der Waals surface area contributed by atoms with Gasteiger partial charge < -0.3 is 10.1 Å². The molecule has 1 heterocycles. The summed E-state index contributed by atoms with van der Waals surface area (Å²) < 4.78 is 19.2. The van der Waals surface area contributed by atoms with Crippen molar-refractivity contribution in [1.29, 1.82) is 0 Å². The minimum absolute atomic E-state index is 0.169. The number of carbonyl (C=O) groups is 2. The zero-order chi connectivity index (χ0) is 18.6. The van der Waals surface area contributed by atoms with Crippen molar-refractivity contribution < 1.29 is 18.7 Å². The van der Waals surface area contributed by atoms with Crippen LogP contribution in [0.25, 0.3) is 0 Å². The number of rotatable bonds is 4. The first-order valence-corrected chi connectivity index (χ1v) is 9.45. The van der Waals surface area contributed by atoms with E-state index in [2.05, 4.69) is 5.32 Å². The van der Waals surface area contributed by atoms with Gasteiger partial charge >= 0.3 is 6.09 Å². The number of benzene rings is 1. The fraction of sp³-hybridized carbons (Fsp3) is 0.600. The summed E-state index contributed by atoms with van der Waals surface area (Å²) in [7, 11) is 1.33. The number of likely N-dealkylation sites (tertiary alicyclic amines) is 1. The summed E-state index contributed by atoms with van der Waals surface area (Å²) in [5, 5.41) is 3.01. The van der Waals surface area contributed by atoms with E-state index in [1.165, 1.54) is 18.1 Å². The molecule has 142 valence electrons. The third kappa shape index (κ3) is 3.69. The molecule has 1 N–H and O–H groups in total. The first kappa shape index (κ1) is 18.7. The smallest absolute Gasteiger partial charge is 0.410 e. The van der Waals surface area contributed by atoms with Gasteiger partial charge in [-0.15, -0.1) is 0 Å².